The molecule has 0 aliphatic carbocycles. The van der Waals surface area contributed by atoms with Crippen molar-refractivity contribution in [2.45, 2.75) is 23.7 Å². The minimum Gasteiger partial charge on any atom is -0.465 e. The molecule has 0 spiro atoms. The largest absolute Gasteiger partial charge is 0.465 e. The van der Waals surface area contributed by atoms with Gasteiger partial charge in [0, 0.05) is 19.0 Å². The molecule has 2 heterocycles. The summed E-state index contributed by atoms with van der Waals surface area (Å²) in [4.78, 5) is 19.9. The minimum absolute atomic E-state index is 0.0102. The van der Waals surface area contributed by atoms with Crippen molar-refractivity contribution >= 4 is 27.0 Å². The number of H-pyrrole nitrogens is 1. The fraction of sp³-hybridized carbons (Fsp3) is 0.300. The molecule has 1 fully saturated rings. The van der Waals surface area contributed by atoms with Crippen LogP contribution < -0.4 is 0 Å². The van der Waals surface area contributed by atoms with Gasteiger partial charge in [-0.15, -0.1) is 0 Å². The fourth-order valence-electron chi connectivity index (χ4n) is 3.64. The molecule has 1 aliphatic rings. The summed E-state index contributed by atoms with van der Waals surface area (Å²) in [5, 5.41) is 0. The van der Waals surface area contributed by atoms with Crippen molar-refractivity contribution in [2.75, 3.05) is 20.2 Å². The first-order chi connectivity index (χ1) is 13.5. The number of methoxy groups -OCH3 is 1. The first kappa shape index (κ1) is 18.6. The van der Waals surface area contributed by atoms with E-state index in [9.17, 15) is 13.2 Å². The average molecular weight is 399 g/mol. The summed E-state index contributed by atoms with van der Waals surface area (Å²) in [7, 11) is -2.54. The molecule has 1 aliphatic heterocycles. The lowest BCUT2D eigenvalue weighted by Gasteiger charge is -2.30. The molecule has 2 aromatic carbocycles. The van der Waals surface area contributed by atoms with Crippen LogP contribution in [0.5, 0.6) is 0 Å². The predicted octanol–water partition coefficient (Wildman–Crippen LogP) is 2.92. The van der Waals surface area contributed by atoms with Gasteiger partial charge in [-0.05, 0) is 37.1 Å². The third-order valence-corrected chi connectivity index (χ3v) is 7.12. The molecule has 7 nitrogen and oxygen atoms in total. The lowest BCUT2D eigenvalue weighted by Crippen LogP contribution is -2.38. The Morgan fingerprint density at radius 1 is 1.11 bits per heavy atom. The molecule has 0 saturated carbocycles. The van der Waals surface area contributed by atoms with Gasteiger partial charge >= 0.3 is 5.97 Å². The van der Waals surface area contributed by atoms with Crippen LogP contribution in [0.1, 0.15) is 34.9 Å². The molecule has 0 bridgehead atoms. The summed E-state index contributed by atoms with van der Waals surface area (Å²) in [5.74, 6) is 0.416. The number of hydrogen-bond donors (Lipinski definition) is 1. The zero-order valence-electron chi connectivity index (χ0n) is 15.5. The summed E-state index contributed by atoms with van der Waals surface area (Å²) < 4.78 is 32.4. The van der Waals surface area contributed by atoms with Gasteiger partial charge in [-0.25, -0.2) is 18.2 Å². The molecule has 1 N–H and O–H groups in total. The van der Waals surface area contributed by atoms with E-state index >= 15 is 0 Å². The Kier molecular flexibility index (Phi) is 4.91. The minimum atomic E-state index is -3.78. The van der Waals surface area contributed by atoms with Gasteiger partial charge in [-0.1, -0.05) is 24.3 Å². The molecule has 0 atom stereocenters. The highest BCUT2D eigenvalue weighted by molar-refractivity contribution is 7.89. The number of nitrogens with zero attached hydrogens (tertiary/aromatic N) is 2. The van der Waals surface area contributed by atoms with Crippen molar-refractivity contribution in [1.29, 1.82) is 0 Å². The molecule has 8 heteroatoms. The third-order valence-electron chi connectivity index (χ3n) is 5.16. The van der Waals surface area contributed by atoms with Crippen LogP contribution in [0.15, 0.2) is 53.4 Å². The van der Waals surface area contributed by atoms with E-state index in [1.165, 1.54) is 23.5 Å². The normalized spacial score (nSPS) is 16.3. The van der Waals surface area contributed by atoms with Gasteiger partial charge in [0.25, 0.3) is 0 Å². The Bertz CT molecular complexity index is 1080. The molecule has 4 rings (SSSR count). The number of sulfonamides is 1. The molecule has 1 saturated heterocycles. The lowest BCUT2D eigenvalue weighted by atomic mass is 9.97. The summed E-state index contributed by atoms with van der Waals surface area (Å²) in [6, 6.07) is 14.0. The molecular weight excluding hydrogens is 378 g/mol. The number of imidazole rings is 1. The Hall–Kier alpha value is -2.71. The van der Waals surface area contributed by atoms with Gasteiger partial charge in [0.2, 0.25) is 10.0 Å². The maximum atomic E-state index is 13.1. The Morgan fingerprint density at radius 3 is 2.50 bits per heavy atom. The zero-order chi connectivity index (χ0) is 19.7. The number of para-hydroxylation sites is 2. The van der Waals surface area contributed by atoms with E-state index in [0.29, 0.717) is 25.9 Å². The number of carbonyl (C=O) groups excluding carboxylic acids is 1. The maximum absolute atomic E-state index is 13.1. The van der Waals surface area contributed by atoms with Crippen LogP contribution in [0.25, 0.3) is 11.0 Å². The second-order valence-corrected chi connectivity index (χ2v) is 8.71. The molecule has 3 aromatic rings. The van der Waals surface area contributed by atoms with E-state index < -0.39 is 16.0 Å². The van der Waals surface area contributed by atoms with Gasteiger partial charge in [0.15, 0.2) is 0 Å². The standard InChI is InChI=1S/C20H21N3O4S/c1-27-20(24)15-6-2-5-9-18(15)28(25,26)23-12-10-14(11-13-23)19-21-16-7-3-4-8-17(16)22-19/h2-9,14H,10-13H2,1H3,(H,21,22). The van der Waals surface area contributed by atoms with Crippen LogP contribution in [-0.4, -0.2) is 48.9 Å². The summed E-state index contributed by atoms with van der Waals surface area (Å²) in [6.07, 6.45) is 1.33. The van der Waals surface area contributed by atoms with Crippen LogP contribution >= 0.6 is 0 Å². The lowest BCUT2D eigenvalue weighted by molar-refractivity contribution is 0.0596. The van der Waals surface area contributed by atoms with Crippen molar-refractivity contribution < 1.29 is 17.9 Å². The van der Waals surface area contributed by atoms with Crippen LogP contribution in [-0.2, 0) is 14.8 Å². The zero-order valence-corrected chi connectivity index (χ0v) is 16.3. The first-order valence-electron chi connectivity index (χ1n) is 9.13. The number of fused-ring (bicyclic) bond motifs is 1. The van der Waals surface area contributed by atoms with E-state index in [4.69, 9.17) is 4.74 Å². The summed E-state index contributed by atoms with van der Waals surface area (Å²) in [5.41, 5.74) is 1.96. The number of aromatic amines is 1. The number of nitrogens with one attached hydrogen (secondary N) is 1. The second kappa shape index (κ2) is 7.37. The van der Waals surface area contributed by atoms with Crippen LogP contribution in [0.2, 0.25) is 0 Å². The molecule has 1 aromatic heterocycles. The van der Waals surface area contributed by atoms with Crippen LogP contribution in [0, 0.1) is 0 Å². The van der Waals surface area contributed by atoms with Crippen LogP contribution in [0.4, 0.5) is 0 Å². The molecule has 0 amide bonds. The number of rotatable bonds is 4. The van der Waals surface area contributed by atoms with Gasteiger partial charge in [0.05, 0.1) is 28.6 Å². The molecule has 28 heavy (non-hydrogen) atoms. The monoisotopic (exact) mass is 399 g/mol. The van der Waals surface area contributed by atoms with E-state index in [1.807, 2.05) is 24.3 Å². The quantitative estimate of drug-likeness (QED) is 0.681. The molecular formula is C20H21N3O4S. The smallest absolute Gasteiger partial charge is 0.339 e. The molecule has 0 unspecified atom stereocenters. The highest BCUT2D eigenvalue weighted by atomic mass is 32.2. The number of carbonyl (C=O) groups is 1. The number of esters is 1. The van der Waals surface area contributed by atoms with Crippen molar-refractivity contribution in [1.82, 2.24) is 14.3 Å². The topological polar surface area (TPSA) is 92.4 Å². The highest BCUT2D eigenvalue weighted by Crippen LogP contribution is 2.31. The SMILES string of the molecule is COC(=O)c1ccccc1S(=O)(=O)N1CCC(c2nc3ccccc3[nH]2)CC1. The van der Waals surface area contributed by atoms with Crippen molar-refractivity contribution in [3.63, 3.8) is 0 Å². The van der Waals surface area contributed by atoms with Crippen molar-refractivity contribution in [2.24, 2.45) is 0 Å². The molecule has 146 valence electrons. The van der Waals surface area contributed by atoms with E-state index in [-0.39, 0.29) is 16.4 Å². The van der Waals surface area contributed by atoms with Gasteiger partial charge in [-0.2, -0.15) is 4.31 Å². The Labute approximate surface area is 163 Å². The van der Waals surface area contributed by atoms with E-state index in [1.54, 1.807) is 12.1 Å². The van der Waals surface area contributed by atoms with E-state index in [2.05, 4.69) is 9.97 Å². The van der Waals surface area contributed by atoms with Gasteiger partial charge < -0.3 is 9.72 Å². The third kappa shape index (κ3) is 3.29. The van der Waals surface area contributed by atoms with Crippen molar-refractivity contribution in [3.05, 3.63) is 59.9 Å². The fourth-order valence-corrected chi connectivity index (χ4v) is 5.29. The maximum Gasteiger partial charge on any atom is 0.339 e. The molecule has 0 radical (unpaired) electrons. The number of hydrogen-bond acceptors (Lipinski definition) is 5. The summed E-state index contributed by atoms with van der Waals surface area (Å²) in [6.45, 7) is 0.749. The van der Waals surface area contributed by atoms with Crippen molar-refractivity contribution in [3.8, 4) is 0 Å². The predicted molar refractivity (Wildman–Crippen MR) is 105 cm³/mol. The van der Waals surface area contributed by atoms with Gasteiger partial charge in [-0.3, -0.25) is 0 Å². The second-order valence-electron chi connectivity index (χ2n) is 6.81. The number of piperidine rings is 1. The number of benzene rings is 2. The number of ether oxygens (including phenoxy) is 1. The highest BCUT2D eigenvalue weighted by Gasteiger charge is 2.33. The Balaban J connectivity index is 1.54. The average Bonchev–Trinajstić information content (AvgIpc) is 3.17. The Morgan fingerprint density at radius 2 is 1.79 bits per heavy atom. The van der Waals surface area contributed by atoms with Gasteiger partial charge in [0.1, 0.15) is 5.82 Å². The summed E-state index contributed by atoms with van der Waals surface area (Å²) >= 11 is 0. The van der Waals surface area contributed by atoms with Crippen LogP contribution in [0.3, 0.4) is 0 Å². The van der Waals surface area contributed by atoms with E-state index in [0.717, 1.165) is 16.9 Å². The first-order valence-corrected chi connectivity index (χ1v) is 10.6. The number of aromatic nitrogens is 2.